The number of anilines is 1. The van der Waals surface area contributed by atoms with Crippen LogP contribution in [0.5, 0.6) is 0 Å². The topological polar surface area (TPSA) is 87.9 Å². The molecule has 0 radical (unpaired) electrons. The summed E-state index contributed by atoms with van der Waals surface area (Å²) in [6.45, 7) is 1.86. The van der Waals surface area contributed by atoms with E-state index in [2.05, 4.69) is 15.9 Å². The Balaban J connectivity index is 2.35. The summed E-state index contributed by atoms with van der Waals surface area (Å²) in [6.07, 6.45) is 0. The fourth-order valence-electron chi connectivity index (χ4n) is 1.52. The third-order valence-electron chi connectivity index (χ3n) is 2.61. The molecular weight excluding hydrogens is 362 g/mol. The molecule has 0 saturated carbocycles. The molecule has 2 N–H and O–H groups in total. The average molecular weight is 382 g/mol. The van der Waals surface area contributed by atoms with Gasteiger partial charge in [0, 0.05) is 11.6 Å². The van der Waals surface area contributed by atoms with Gasteiger partial charge in [0.15, 0.2) is 9.84 Å². The lowest BCUT2D eigenvalue weighted by Crippen LogP contribution is -2.16. The zero-order chi connectivity index (χ0) is 15.7. The molecule has 0 amide bonds. The van der Waals surface area contributed by atoms with E-state index in [4.69, 9.17) is 19.9 Å². The first-order valence-corrected chi connectivity index (χ1v) is 8.84. The minimum absolute atomic E-state index is 0.0991. The molecule has 1 aromatic carbocycles. The molecular formula is C13H20BrNO5S. The van der Waals surface area contributed by atoms with Crippen molar-refractivity contribution in [2.75, 3.05) is 51.6 Å². The zero-order valence-corrected chi connectivity index (χ0v) is 14.3. The van der Waals surface area contributed by atoms with E-state index >= 15 is 0 Å². The first-order valence-electron chi connectivity index (χ1n) is 6.39. The van der Waals surface area contributed by atoms with Crippen molar-refractivity contribution in [2.45, 2.75) is 4.90 Å². The molecule has 1 rings (SSSR count). The maximum atomic E-state index is 12.2. The van der Waals surface area contributed by atoms with E-state index in [1.54, 1.807) is 19.2 Å². The van der Waals surface area contributed by atoms with Gasteiger partial charge in [-0.15, -0.1) is 0 Å². The summed E-state index contributed by atoms with van der Waals surface area (Å²) in [5, 5.41) is 0. The third kappa shape index (κ3) is 6.75. The van der Waals surface area contributed by atoms with Crippen LogP contribution in [0.3, 0.4) is 0 Å². The molecule has 21 heavy (non-hydrogen) atoms. The smallest absolute Gasteiger partial charge is 0.182 e. The van der Waals surface area contributed by atoms with Crippen molar-refractivity contribution in [3.05, 3.63) is 22.7 Å². The van der Waals surface area contributed by atoms with Crippen LogP contribution in [0.15, 0.2) is 27.6 Å². The van der Waals surface area contributed by atoms with Crippen LogP contribution in [0.1, 0.15) is 0 Å². The number of hydrogen-bond acceptors (Lipinski definition) is 6. The highest BCUT2D eigenvalue weighted by atomic mass is 79.9. The van der Waals surface area contributed by atoms with Gasteiger partial charge >= 0.3 is 0 Å². The average Bonchev–Trinajstić information content (AvgIpc) is 2.44. The summed E-state index contributed by atoms with van der Waals surface area (Å²) in [7, 11) is -1.86. The molecule has 0 bridgehead atoms. The van der Waals surface area contributed by atoms with Crippen molar-refractivity contribution < 1.29 is 22.6 Å². The largest absolute Gasteiger partial charge is 0.398 e. The normalized spacial score (nSPS) is 11.7. The monoisotopic (exact) mass is 381 g/mol. The summed E-state index contributed by atoms with van der Waals surface area (Å²) in [6, 6.07) is 4.75. The Bertz CT molecular complexity index is 535. The quantitative estimate of drug-likeness (QED) is 0.487. The molecule has 0 heterocycles. The van der Waals surface area contributed by atoms with Gasteiger partial charge in [0.05, 0.1) is 49.4 Å². The van der Waals surface area contributed by atoms with E-state index < -0.39 is 9.84 Å². The summed E-state index contributed by atoms with van der Waals surface area (Å²) < 4.78 is 40.2. The fourth-order valence-corrected chi connectivity index (χ4v) is 3.32. The number of hydrogen-bond donors (Lipinski definition) is 1. The van der Waals surface area contributed by atoms with Crippen LogP contribution in [0.2, 0.25) is 0 Å². The lowest BCUT2D eigenvalue weighted by Gasteiger charge is -2.09. The van der Waals surface area contributed by atoms with Crippen molar-refractivity contribution >= 4 is 31.5 Å². The number of nitrogen functional groups attached to an aromatic ring is 1. The molecule has 6 nitrogen and oxygen atoms in total. The Morgan fingerprint density at radius 2 is 1.71 bits per heavy atom. The van der Waals surface area contributed by atoms with Gasteiger partial charge in [0.2, 0.25) is 0 Å². The highest BCUT2D eigenvalue weighted by Gasteiger charge is 2.17. The summed E-state index contributed by atoms with van der Waals surface area (Å²) >= 11 is 3.23. The van der Waals surface area contributed by atoms with Gasteiger partial charge in [0.1, 0.15) is 0 Å². The molecule has 0 aliphatic heterocycles. The fraction of sp³-hybridized carbons (Fsp3) is 0.538. The number of sulfone groups is 1. The van der Waals surface area contributed by atoms with E-state index in [1.165, 1.54) is 6.07 Å². The second-order valence-corrected chi connectivity index (χ2v) is 7.21. The van der Waals surface area contributed by atoms with Gasteiger partial charge in [-0.05, 0) is 18.2 Å². The number of halogens is 1. The van der Waals surface area contributed by atoms with E-state index in [0.29, 0.717) is 30.9 Å². The van der Waals surface area contributed by atoms with Crippen molar-refractivity contribution in [1.82, 2.24) is 0 Å². The lowest BCUT2D eigenvalue weighted by atomic mass is 10.3. The highest BCUT2D eigenvalue weighted by Crippen LogP contribution is 2.23. The number of methoxy groups -OCH3 is 1. The minimum Gasteiger partial charge on any atom is -0.398 e. The summed E-state index contributed by atoms with van der Waals surface area (Å²) in [5.74, 6) is -0.119. The minimum atomic E-state index is -3.46. The van der Waals surface area contributed by atoms with E-state index in [-0.39, 0.29) is 22.9 Å². The van der Waals surface area contributed by atoms with Crippen molar-refractivity contribution in [3.8, 4) is 0 Å². The third-order valence-corrected chi connectivity index (χ3v) is 4.83. The molecule has 0 spiro atoms. The summed E-state index contributed by atoms with van der Waals surface area (Å²) in [5.41, 5.74) is 5.94. The standard InChI is InChI=1S/C13H20BrNO5S/c1-18-4-5-19-6-7-20-8-9-21(16,17)13-10-11(14)2-3-12(13)15/h2-3,10H,4-9,15H2,1H3. The van der Waals surface area contributed by atoms with Crippen molar-refractivity contribution in [2.24, 2.45) is 0 Å². The van der Waals surface area contributed by atoms with Crippen LogP contribution in [0.25, 0.3) is 0 Å². The predicted molar refractivity (Wildman–Crippen MR) is 84.1 cm³/mol. The van der Waals surface area contributed by atoms with Crippen LogP contribution in [0, 0.1) is 0 Å². The van der Waals surface area contributed by atoms with Crippen LogP contribution < -0.4 is 5.73 Å². The first-order chi connectivity index (χ1) is 9.97. The molecule has 0 aromatic heterocycles. The number of benzene rings is 1. The SMILES string of the molecule is COCCOCCOCCS(=O)(=O)c1cc(Br)ccc1N. The molecule has 0 atom stereocenters. The molecule has 8 heteroatoms. The Morgan fingerprint density at radius 1 is 1.10 bits per heavy atom. The van der Waals surface area contributed by atoms with Crippen LogP contribution >= 0.6 is 15.9 Å². The van der Waals surface area contributed by atoms with Crippen molar-refractivity contribution in [1.29, 1.82) is 0 Å². The lowest BCUT2D eigenvalue weighted by molar-refractivity contribution is 0.0284. The predicted octanol–water partition coefficient (Wildman–Crippen LogP) is 1.48. The number of rotatable bonds is 10. The molecule has 0 saturated heterocycles. The zero-order valence-electron chi connectivity index (χ0n) is 11.9. The Kier molecular flexibility index (Phi) is 8.20. The number of ether oxygens (including phenoxy) is 3. The number of nitrogens with two attached hydrogens (primary N) is 1. The van der Waals surface area contributed by atoms with Gasteiger partial charge in [-0.3, -0.25) is 0 Å². The second kappa shape index (κ2) is 9.37. The van der Waals surface area contributed by atoms with Crippen LogP contribution in [0.4, 0.5) is 5.69 Å². The van der Waals surface area contributed by atoms with Crippen molar-refractivity contribution in [3.63, 3.8) is 0 Å². The second-order valence-electron chi connectivity index (χ2n) is 4.22. The molecule has 1 aromatic rings. The van der Waals surface area contributed by atoms with E-state index in [0.717, 1.165) is 0 Å². The molecule has 0 unspecified atom stereocenters. The maximum absolute atomic E-state index is 12.2. The highest BCUT2D eigenvalue weighted by molar-refractivity contribution is 9.10. The molecule has 120 valence electrons. The molecule has 0 aliphatic carbocycles. The van der Waals surface area contributed by atoms with Crippen LogP contribution in [-0.2, 0) is 24.0 Å². The maximum Gasteiger partial charge on any atom is 0.182 e. The Morgan fingerprint density at radius 3 is 2.38 bits per heavy atom. The summed E-state index contributed by atoms with van der Waals surface area (Å²) in [4.78, 5) is 0.122. The first kappa shape index (κ1) is 18.4. The van der Waals surface area contributed by atoms with E-state index in [9.17, 15) is 8.42 Å². The Labute approximate surface area is 133 Å². The van der Waals surface area contributed by atoms with Gasteiger partial charge < -0.3 is 19.9 Å². The molecule has 0 aliphatic rings. The van der Waals surface area contributed by atoms with Gasteiger partial charge in [-0.1, -0.05) is 15.9 Å². The van der Waals surface area contributed by atoms with Gasteiger partial charge in [-0.25, -0.2) is 8.42 Å². The van der Waals surface area contributed by atoms with E-state index in [1.807, 2.05) is 0 Å². The van der Waals surface area contributed by atoms with Crippen LogP contribution in [-0.4, -0.2) is 54.3 Å². The van der Waals surface area contributed by atoms with Gasteiger partial charge in [-0.2, -0.15) is 0 Å². The molecule has 0 fully saturated rings. The Hall–Kier alpha value is -0.670. The van der Waals surface area contributed by atoms with Gasteiger partial charge in [0.25, 0.3) is 0 Å².